The summed E-state index contributed by atoms with van der Waals surface area (Å²) in [6.07, 6.45) is 3.71. The minimum Gasteiger partial charge on any atom is -0.334 e. The van der Waals surface area contributed by atoms with E-state index in [1.165, 1.54) is 6.07 Å². The van der Waals surface area contributed by atoms with Crippen molar-refractivity contribution in [3.8, 4) is 0 Å². The van der Waals surface area contributed by atoms with Crippen molar-refractivity contribution < 1.29 is 4.79 Å². The van der Waals surface area contributed by atoms with Crippen molar-refractivity contribution >= 4 is 11.6 Å². The van der Waals surface area contributed by atoms with Gasteiger partial charge >= 0.3 is 0 Å². The first-order valence-electron chi connectivity index (χ1n) is 10.2. The van der Waals surface area contributed by atoms with Gasteiger partial charge in [0.15, 0.2) is 5.65 Å². The van der Waals surface area contributed by atoms with Crippen LogP contribution in [0.4, 0.5) is 0 Å². The van der Waals surface area contributed by atoms with Crippen LogP contribution in [-0.2, 0) is 24.3 Å². The molecule has 3 aromatic heterocycles. The first-order chi connectivity index (χ1) is 14.9. The number of benzene rings is 1. The molecular weight excluding hydrogens is 390 g/mol. The Morgan fingerprint density at radius 1 is 1.10 bits per heavy atom. The van der Waals surface area contributed by atoms with Crippen molar-refractivity contribution in [2.45, 2.75) is 40.3 Å². The molecule has 0 fully saturated rings. The molecule has 0 aliphatic rings. The summed E-state index contributed by atoms with van der Waals surface area (Å²) in [6, 6.07) is 13.4. The molecule has 7 nitrogen and oxygen atoms in total. The molecule has 7 heteroatoms. The summed E-state index contributed by atoms with van der Waals surface area (Å²) in [5.41, 5.74) is 5.96. The molecule has 4 aromatic rings. The van der Waals surface area contributed by atoms with Gasteiger partial charge in [0.2, 0.25) is 5.91 Å². The van der Waals surface area contributed by atoms with Crippen LogP contribution in [0.3, 0.4) is 0 Å². The second-order valence-corrected chi connectivity index (χ2v) is 7.79. The van der Waals surface area contributed by atoms with Crippen molar-refractivity contribution in [1.29, 1.82) is 0 Å². The van der Waals surface area contributed by atoms with Gasteiger partial charge in [-0.15, -0.1) is 0 Å². The summed E-state index contributed by atoms with van der Waals surface area (Å²) in [5.74, 6) is -0.00559. The summed E-state index contributed by atoms with van der Waals surface area (Å²) in [6.45, 7) is 6.80. The predicted molar refractivity (Wildman–Crippen MR) is 119 cm³/mol. The van der Waals surface area contributed by atoms with Crippen molar-refractivity contribution in [2.75, 3.05) is 0 Å². The maximum absolute atomic E-state index is 13.5. The van der Waals surface area contributed by atoms with Gasteiger partial charge in [-0.3, -0.25) is 19.7 Å². The highest BCUT2D eigenvalue weighted by atomic mass is 16.2. The molecule has 1 aromatic carbocycles. The van der Waals surface area contributed by atoms with Gasteiger partial charge in [-0.1, -0.05) is 30.3 Å². The van der Waals surface area contributed by atoms with E-state index in [0.717, 1.165) is 33.6 Å². The number of carbonyl (C=O) groups is 1. The number of rotatable bonds is 6. The minimum absolute atomic E-state index is 0.00559. The van der Waals surface area contributed by atoms with E-state index in [4.69, 9.17) is 0 Å². The van der Waals surface area contributed by atoms with Crippen molar-refractivity contribution in [2.24, 2.45) is 0 Å². The Kier molecular flexibility index (Phi) is 5.66. The standard InChI is InChI=1S/C24H25N5O2/c1-16-7-4-5-9-20(16)15-28(14-19-8-6-10-25-13-19)24(31)11-21-17(2)26-22-12-23(30)27-29(22)18(21)3/h4-10,12-13H,11,14-15H2,1-3H3,(H,27,30). The van der Waals surface area contributed by atoms with E-state index in [0.29, 0.717) is 18.7 Å². The smallest absolute Gasteiger partial charge is 0.266 e. The number of amides is 1. The normalized spacial score (nSPS) is 11.1. The fourth-order valence-electron chi connectivity index (χ4n) is 3.81. The third-order valence-electron chi connectivity index (χ3n) is 5.60. The molecule has 0 aliphatic heterocycles. The van der Waals surface area contributed by atoms with Crippen LogP contribution in [0.1, 0.15) is 33.6 Å². The van der Waals surface area contributed by atoms with E-state index < -0.39 is 0 Å². The highest BCUT2D eigenvalue weighted by molar-refractivity contribution is 5.79. The molecule has 3 heterocycles. The lowest BCUT2D eigenvalue weighted by atomic mass is 10.1. The van der Waals surface area contributed by atoms with Crippen LogP contribution in [0, 0.1) is 20.8 Å². The lowest BCUT2D eigenvalue weighted by molar-refractivity contribution is -0.131. The van der Waals surface area contributed by atoms with Gasteiger partial charge in [-0.25, -0.2) is 9.50 Å². The third kappa shape index (κ3) is 4.40. The monoisotopic (exact) mass is 415 g/mol. The Hall–Kier alpha value is -3.74. The molecule has 1 amide bonds. The molecular formula is C24H25N5O2. The zero-order chi connectivity index (χ0) is 22.0. The highest BCUT2D eigenvalue weighted by Gasteiger charge is 2.20. The van der Waals surface area contributed by atoms with E-state index in [-0.39, 0.29) is 17.9 Å². The first-order valence-corrected chi connectivity index (χ1v) is 10.2. The summed E-state index contributed by atoms with van der Waals surface area (Å²) in [4.78, 5) is 35.7. The topological polar surface area (TPSA) is 83.4 Å². The lowest BCUT2D eigenvalue weighted by Gasteiger charge is -2.24. The van der Waals surface area contributed by atoms with E-state index in [9.17, 15) is 9.59 Å². The van der Waals surface area contributed by atoms with Crippen LogP contribution in [0.5, 0.6) is 0 Å². The molecule has 4 rings (SSSR count). The van der Waals surface area contributed by atoms with Gasteiger partial charge < -0.3 is 4.90 Å². The Balaban J connectivity index is 1.66. The van der Waals surface area contributed by atoms with Crippen LogP contribution in [0.15, 0.2) is 59.7 Å². The SMILES string of the molecule is Cc1ccccc1CN(Cc1cccnc1)C(=O)Cc1c(C)nc2cc(=O)[nH]n2c1C. The van der Waals surface area contributed by atoms with Crippen molar-refractivity contribution in [3.63, 3.8) is 0 Å². The van der Waals surface area contributed by atoms with E-state index in [1.807, 2.05) is 49.1 Å². The van der Waals surface area contributed by atoms with Gasteiger partial charge in [-0.2, -0.15) is 0 Å². The van der Waals surface area contributed by atoms with Gasteiger partial charge in [0.25, 0.3) is 5.56 Å². The van der Waals surface area contributed by atoms with E-state index >= 15 is 0 Å². The van der Waals surface area contributed by atoms with E-state index in [2.05, 4.69) is 28.1 Å². The minimum atomic E-state index is -0.212. The zero-order valence-corrected chi connectivity index (χ0v) is 17.9. The molecule has 0 aliphatic carbocycles. The van der Waals surface area contributed by atoms with Crippen molar-refractivity contribution in [1.82, 2.24) is 24.5 Å². The second-order valence-electron chi connectivity index (χ2n) is 7.79. The number of hydrogen-bond donors (Lipinski definition) is 1. The largest absolute Gasteiger partial charge is 0.334 e. The second kappa shape index (κ2) is 8.55. The highest BCUT2D eigenvalue weighted by Crippen LogP contribution is 2.18. The number of aromatic nitrogens is 4. The predicted octanol–water partition coefficient (Wildman–Crippen LogP) is 3.11. The Bertz CT molecular complexity index is 1290. The van der Waals surface area contributed by atoms with Crippen LogP contribution in [-0.4, -0.2) is 30.4 Å². The van der Waals surface area contributed by atoms with Gasteiger partial charge in [0.1, 0.15) is 0 Å². The molecule has 1 N–H and O–H groups in total. The number of fused-ring (bicyclic) bond motifs is 1. The number of nitrogens with zero attached hydrogens (tertiary/aromatic N) is 4. The number of aromatic amines is 1. The number of aryl methyl sites for hydroxylation is 3. The molecule has 31 heavy (non-hydrogen) atoms. The fraction of sp³-hybridized carbons (Fsp3) is 0.250. The molecule has 158 valence electrons. The number of nitrogens with one attached hydrogen (secondary N) is 1. The van der Waals surface area contributed by atoms with Crippen LogP contribution < -0.4 is 5.56 Å². The lowest BCUT2D eigenvalue weighted by Crippen LogP contribution is -2.32. The van der Waals surface area contributed by atoms with Crippen molar-refractivity contribution in [3.05, 3.63) is 98.9 Å². The number of pyridine rings is 1. The van der Waals surface area contributed by atoms with Crippen LogP contribution in [0.2, 0.25) is 0 Å². The third-order valence-corrected chi connectivity index (χ3v) is 5.60. The summed E-state index contributed by atoms with van der Waals surface area (Å²) < 4.78 is 1.64. The molecule has 0 unspecified atom stereocenters. The zero-order valence-electron chi connectivity index (χ0n) is 17.9. The average Bonchev–Trinajstić information content (AvgIpc) is 3.13. The molecule has 0 atom stereocenters. The Morgan fingerprint density at radius 3 is 2.65 bits per heavy atom. The number of H-pyrrole nitrogens is 1. The quantitative estimate of drug-likeness (QED) is 0.524. The maximum atomic E-state index is 13.5. The molecule has 0 spiro atoms. The van der Waals surface area contributed by atoms with Gasteiger partial charge in [-0.05, 0) is 43.5 Å². The summed E-state index contributed by atoms with van der Waals surface area (Å²) in [7, 11) is 0. The number of hydrogen-bond acceptors (Lipinski definition) is 4. The maximum Gasteiger partial charge on any atom is 0.266 e. The molecule has 0 radical (unpaired) electrons. The molecule has 0 bridgehead atoms. The van der Waals surface area contributed by atoms with E-state index in [1.54, 1.807) is 16.9 Å². The summed E-state index contributed by atoms with van der Waals surface area (Å²) in [5, 5.41) is 2.75. The van der Waals surface area contributed by atoms with Gasteiger partial charge in [0, 0.05) is 48.5 Å². The van der Waals surface area contributed by atoms with Gasteiger partial charge in [0.05, 0.1) is 6.42 Å². The molecule has 0 saturated carbocycles. The average molecular weight is 415 g/mol. The summed E-state index contributed by atoms with van der Waals surface area (Å²) >= 11 is 0. The molecule has 0 saturated heterocycles. The number of carbonyl (C=O) groups excluding carboxylic acids is 1. The Labute approximate surface area is 180 Å². The fourth-order valence-corrected chi connectivity index (χ4v) is 3.81. The van der Waals surface area contributed by atoms with Crippen LogP contribution >= 0.6 is 0 Å². The van der Waals surface area contributed by atoms with Crippen LogP contribution in [0.25, 0.3) is 5.65 Å². The Morgan fingerprint density at radius 2 is 1.90 bits per heavy atom. The first kappa shape index (κ1) is 20.5.